The lowest BCUT2D eigenvalue weighted by molar-refractivity contribution is -0.135. The number of nitrogens with one attached hydrogen (secondary N) is 1. The van der Waals surface area contributed by atoms with Gasteiger partial charge in [-0.1, -0.05) is 12.1 Å². The van der Waals surface area contributed by atoms with E-state index < -0.39 is 5.60 Å². The van der Waals surface area contributed by atoms with Crippen molar-refractivity contribution in [2.24, 2.45) is 0 Å². The lowest BCUT2D eigenvalue weighted by Crippen LogP contribution is -2.49. The molecule has 0 aliphatic carbocycles. The van der Waals surface area contributed by atoms with Crippen LogP contribution in [-0.4, -0.2) is 57.4 Å². The second kappa shape index (κ2) is 9.00. The van der Waals surface area contributed by atoms with Gasteiger partial charge in [0.1, 0.15) is 5.75 Å². The molecule has 0 saturated carbocycles. The van der Waals surface area contributed by atoms with Crippen LogP contribution < -0.4 is 10.1 Å². The smallest absolute Gasteiger partial charge is 0.226 e. The fourth-order valence-electron chi connectivity index (χ4n) is 4.17. The van der Waals surface area contributed by atoms with Gasteiger partial charge in [0.25, 0.3) is 0 Å². The van der Waals surface area contributed by atoms with Crippen molar-refractivity contribution in [3.05, 3.63) is 54.2 Å². The molecule has 0 radical (unpaired) electrons. The van der Waals surface area contributed by atoms with Crippen LogP contribution in [0.5, 0.6) is 5.75 Å². The van der Waals surface area contributed by atoms with Crippen LogP contribution in [0.2, 0.25) is 0 Å². The number of aromatic nitrogens is 2. The van der Waals surface area contributed by atoms with Gasteiger partial charge >= 0.3 is 0 Å². The molecular formula is C24H28N4O4. The number of hydrogen-bond donors (Lipinski definition) is 2. The van der Waals surface area contributed by atoms with E-state index in [1.54, 1.807) is 18.0 Å². The molecule has 2 amide bonds. The third-order valence-corrected chi connectivity index (χ3v) is 5.94. The molecule has 168 valence electrons. The molecule has 2 N–H and O–H groups in total. The van der Waals surface area contributed by atoms with Gasteiger partial charge in [-0.2, -0.15) is 5.10 Å². The average Bonchev–Trinajstić information content (AvgIpc) is 3.15. The van der Waals surface area contributed by atoms with Crippen LogP contribution in [0.25, 0.3) is 10.9 Å². The number of carbonyl (C=O) groups excluding carboxylic acids is 2. The van der Waals surface area contributed by atoms with Crippen LogP contribution in [0.4, 0.5) is 5.69 Å². The van der Waals surface area contributed by atoms with E-state index >= 15 is 0 Å². The highest BCUT2D eigenvalue weighted by Crippen LogP contribution is 2.27. The van der Waals surface area contributed by atoms with E-state index in [0.29, 0.717) is 44.6 Å². The molecule has 2 heterocycles. The van der Waals surface area contributed by atoms with Crippen molar-refractivity contribution >= 4 is 28.4 Å². The monoisotopic (exact) mass is 436 g/mol. The molecule has 1 fully saturated rings. The summed E-state index contributed by atoms with van der Waals surface area (Å²) in [5, 5.41) is 19.3. The van der Waals surface area contributed by atoms with E-state index in [2.05, 4.69) is 10.4 Å². The Morgan fingerprint density at radius 3 is 2.69 bits per heavy atom. The van der Waals surface area contributed by atoms with Crippen LogP contribution in [0, 0.1) is 0 Å². The van der Waals surface area contributed by atoms with Gasteiger partial charge in [0.2, 0.25) is 11.8 Å². The van der Waals surface area contributed by atoms with E-state index in [4.69, 9.17) is 4.74 Å². The van der Waals surface area contributed by atoms with E-state index in [9.17, 15) is 14.7 Å². The number of nitrogens with zero attached hydrogens (tertiary/aromatic N) is 3. The predicted octanol–water partition coefficient (Wildman–Crippen LogP) is 2.60. The summed E-state index contributed by atoms with van der Waals surface area (Å²) in [6.45, 7) is 2.83. The van der Waals surface area contributed by atoms with Crippen molar-refractivity contribution in [2.75, 3.05) is 25.5 Å². The van der Waals surface area contributed by atoms with E-state index in [0.717, 1.165) is 22.2 Å². The first-order valence-electron chi connectivity index (χ1n) is 10.7. The number of benzene rings is 2. The minimum atomic E-state index is -0.929. The Hall–Kier alpha value is -3.39. The highest BCUT2D eigenvalue weighted by molar-refractivity contribution is 5.92. The number of methoxy groups -OCH3 is 1. The molecule has 8 nitrogen and oxygen atoms in total. The van der Waals surface area contributed by atoms with E-state index in [1.165, 1.54) is 6.92 Å². The lowest BCUT2D eigenvalue weighted by Gasteiger charge is -2.38. The molecule has 8 heteroatoms. The zero-order valence-electron chi connectivity index (χ0n) is 18.4. The third kappa shape index (κ3) is 4.91. The SMILES string of the molecule is COc1cccc(CC(=O)N2CCC(O)(Cn3ncc4cc(NC(C)=O)ccc43)CC2)c1. The van der Waals surface area contributed by atoms with Gasteiger partial charge in [-0.15, -0.1) is 0 Å². The molecule has 1 aliphatic heterocycles. The fourth-order valence-corrected chi connectivity index (χ4v) is 4.17. The minimum absolute atomic E-state index is 0.0512. The quantitative estimate of drug-likeness (QED) is 0.619. The van der Waals surface area contributed by atoms with Crippen molar-refractivity contribution in [3.63, 3.8) is 0 Å². The number of piperidine rings is 1. The molecule has 0 atom stereocenters. The maximum Gasteiger partial charge on any atom is 0.226 e. The minimum Gasteiger partial charge on any atom is -0.497 e. The highest BCUT2D eigenvalue weighted by Gasteiger charge is 2.34. The first kappa shape index (κ1) is 21.8. The number of aliphatic hydroxyl groups is 1. The van der Waals surface area contributed by atoms with E-state index in [-0.39, 0.29) is 11.8 Å². The summed E-state index contributed by atoms with van der Waals surface area (Å²) >= 11 is 0. The molecule has 1 saturated heterocycles. The standard InChI is InChI=1S/C24H28N4O4/c1-17(29)26-20-6-7-22-19(14-20)15-25-28(22)16-24(31)8-10-27(11-9-24)23(30)13-18-4-3-5-21(12-18)32-2/h3-7,12,14-15,31H,8-11,13,16H2,1-2H3,(H,26,29). The topological polar surface area (TPSA) is 96.7 Å². The van der Waals surface area contributed by atoms with Crippen molar-refractivity contribution in [2.45, 2.75) is 38.3 Å². The normalized spacial score (nSPS) is 15.5. The average molecular weight is 437 g/mol. The number of rotatable bonds is 6. The van der Waals surface area contributed by atoms with Crippen LogP contribution in [0.1, 0.15) is 25.3 Å². The van der Waals surface area contributed by atoms with Gasteiger partial charge in [0.05, 0.1) is 37.4 Å². The van der Waals surface area contributed by atoms with Crippen molar-refractivity contribution in [3.8, 4) is 5.75 Å². The van der Waals surface area contributed by atoms with Gasteiger partial charge < -0.3 is 20.1 Å². The fraction of sp³-hybridized carbons (Fsp3) is 0.375. The summed E-state index contributed by atoms with van der Waals surface area (Å²) in [4.78, 5) is 25.8. The van der Waals surface area contributed by atoms with Crippen LogP contribution in [-0.2, 0) is 22.6 Å². The lowest BCUT2D eigenvalue weighted by atomic mass is 9.91. The van der Waals surface area contributed by atoms with E-state index in [1.807, 2.05) is 47.4 Å². The summed E-state index contributed by atoms with van der Waals surface area (Å²) in [7, 11) is 1.61. The number of hydrogen-bond acceptors (Lipinski definition) is 5. The number of ether oxygens (including phenoxy) is 1. The zero-order valence-corrected chi connectivity index (χ0v) is 18.4. The Labute approximate surface area is 186 Å². The van der Waals surface area contributed by atoms with Gasteiger partial charge in [-0.25, -0.2) is 0 Å². The Kier molecular flexibility index (Phi) is 6.14. The first-order chi connectivity index (χ1) is 15.3. The second-order valence-electron chi connectivity index (χ2n) is 8.39. The molecule has 0 bridgehead atoms. The zero-order chi connectivity index (χ0) is 22.7. The largest absolute Gasteiger partial charge is 0.497 e. The molecule has 0 spiro atoms. The number of anilines is 1. The van der Waals surface area contributed by atoms with Crippen LogP contribution in [0.15, 0.2) is 48.7 Å². The van der Waals surface area contributed by atoms with Crippen molar-refractivity contribution in [1.82, 2.24) is 14.7 Å². The maximum atomic E-state index is 12.7. The summed E-state index contributed by atoms with van der Waals surface area (Å²) in [6.07, 6.45) is 3.03. The second-order valence-corrected chi connectivity index (χ2v) is 8.39. The molecular weight excluding hydrogens is 408 g/mol. The summed E-state index contributed by atoms with van der Waals surface area (Å²) in [5.41, 5.74) is 1.59. The number of carbonyl (C=O) groups is 2. The molecule has 4 rings (SSSR count). The highest BCUT2D eigenvalue weighted by atomic mass is 16.5. The van der Waals surface area contributed by atoms with Crippen molar-refractivity contribution < 1.29 is 19.4 Å². The number of fused-ring (bicyclic) bond motifs is 1. The summed E-state index contributed by atoms with van der Waals surface area (Å²) < 4.78 is 7.02. The van der Waals surface area contributed by atoms with Gasteiger partial charge in [-0.3, -0.25) is 14.3 Å². The first-order valence-corrected chi connectivity index (χ1v) is 10.7. The molecule has 1 aromatic heterocycles. The Morgan fingerprint density at radius 2 is 1.97 bits per heavy atom. The van der Waals surface area contributed by atoms with Gasteiger partial charge in [0, 0.05) is 31.1 Å². The molecule has 3 aromatic rings. The van der Waals surface area contributed by atoms with Crippen LogP contribution >= 0.6 is 0 Å². The Balaban J connectivity index is 1.37. The van der Waals surface area contributed by atoms with Gasteiger partial charge in [-0.05, 0) is 48.7 Å². The number of likely N-dealkylation sites (tertiary alicyclic amines) is 1. The summed E-state index contributed by atoms with van der Waals surface area (Å²) in [5.74, 6) is 0.660. The van der Waals surface area contributed by atoms with Crippen LogP contribution in [0.3, 0.4) is 0 Å². The summed E-state index contributed by atoms with van der Waals surface area (Å²) in [6, 6.07) is 13.1. The molecule has 0 unspecified atom stereocenters. The van der Waals surface area contributed by atoms with Crippen molar-refractivity contribution in [1.29, 1.82) is 0 Å². The third-order valence-electron chi connectivity index (χ3n) is 5.94. The molecule has 1 aliphatic rings. The number of amides is 2. The Morgan fingerprint density at radius 1 is 1.19 bits per heavy atom. The molecule has 2 aromatic carbocycles. The maximum absolute atomic E-state index is 12.7. The predicted molar refractivity (Wildman–Crippen MR) is 121 cm³/mol. The molecule has 32 heavy (non-hydrogen) atoms. The Bertz CT molecular complexity index is 1130. The van der Waals surface area contributed by atoms with Gasteiger partial charge in [0.15, 0.2) is 0 Å².